The van der Waals surface area contributed by atoms with Crippen molar-refractivity contribution < 1.29 is 28.6 Å². The van der Waals surface area contributed by atoms with E-state index in [2.05, 4.69) is 48.1 Å². The van der Waals surface area contributed by atoms with Crippen molar-refractivity contribution in [1.82, 2.24) is 45.2 Å². The first-order chi connectivity index (χ1) is 35.5. The number of phenolic OH excluding ortho intramolecular Hbond substituents is 1. The maximum absolute atomic E-state index is 17.2. The van der Waals surface area contributed by atoms with E-state index in [0.717, 1.165) is 138 Å². The fraction of sp³-hybridized carbons (Fsp3) is 0.536. The molecule has 7 aliphatic heterocycles. The molecule has 1 saturated carbocycles. The average molecular weight is 992 g/mol. The second-order valence-corrected chi connectivity index (χ2v) is 22.6. The summed E-state index contributed by atoms with van der Waals surface area (Å²) >= 11 is 0. The average Bonchev–Trinajstić information content (AvgIpc) is 3.97. The zero-order chi connectivity index (χ0) is 49.5. The van der Waals surface area contributed by atoms with E-state index in [1.807, 2.05) is 30.3 Å². The van der Waals surface area contributed by atoms with Crippen molar-refractivity contribution in [3.05, 3.63) is 77.2 Å². The number of carbonyl (C=O) groups excluding carboxylic acids is 3. The van der Waals surface area contributed by atoms with Gasteiger partial charge in [-0.05, 0) is 123 Å². The number of anilines is 2. The highest BCUT2D eigenvalue weighted by Crippen LogP contribution is 2.48. The lowest BCUT2D eigenvalue weighted by molar-refractivity contribution is -0.136. The van der Waals surface area contributed by atoms with Crippen LogP contribution in [0.4, 0.5) is 15.9 Å². The summed E-state index contributed by atoms with van der Waals surface area (Å²) < 4.78 is 23.7. The van der Waals surface area contributed by atoms with Gasteiger partial charge in [0.25, 0.3) is 5.91 Å². The normalized spacial score (nSPS) is 24.9. The van der Waals surface area contributed by atoms with E-state index in [1.54, 1.807) is 23.2 Å². The summed E-state index contributed by atoms with van der Waals surface area (Å²) in [4.78, 5) is 66.3. The van der Waals surface area contributed by atoms with Crippen molar-refractivity contribution in [3.8, 4) is 23.0 Å². The summed E-state index contributed by atoms with van der Waals surface area (Å²) in [6.07, 6.45) is 9.92. The van der Waals surface area contributed by atoms with Crippen LogP contribution in [0.15, 0.2) is 54.7 Å². The number of piperazine rings is 2. The Labute approximate surface area is 425 Å². The lowest BCUT2D eigenvalue weighted by Crippen LogP contribution is -2.62. The summed E-state index contributed by atoms with van der Waals surface area (Å²) in [7, 11) is 0. The van der Waals surface area contributed by atoms with Crippen LogP contribution in [0.2, 0.25) is 0 Å². The molecule has 9 heterocycles. The molecular formula is C56H66FN11O5. The maximum Gasteiger partial charge on any atom is 0.319 e. The number of ether oxygens (including phenoxy) is 1. The molecule has 382 valence electrons. The Morgan fingerprint density at radius 1 is 0.849 bits per heavy atom. The first kappa shape index (κ1) is 46.8. The second-order valence-electron chi connectivity index (χ2n) is 22.6. The van der Waals surface area contributed by atoms with E-state index >= 15 is 4.39 Å². The minimum Gasteiger partial charge on any atom is -0.508 e. The molecule has 16 nitrogen and oxygen atoms in total. The highest BCUT2D eigenvalue weighted by atomic mass is 19.1. The number of aromatic nitrogens is 3. The molecule has 13 rings (SSSR count). The van der Waals surface area contributed by atoms with Crippen LogP contribution >= 0.6 is 0 Å². The van der Waals surface area contributed by atoms with Crippen LogP contribution in [-0.4, -0.2) is 167 Å². The molecule has 2 bridgehead atoms. The highest BCUT2D eigenvalue weighted by Gasteiger charge is 2.48. The number of pyridine rings is 1. The number of hydrogen-bond donors (Lipinski definition) is 3. The van der Waals surface area contributed by atoms with E-state index in [-0.39, 0.29) is 52.5 Å². The number of nitrogens with zero attached hydrogens (tertiary/aromatic N) is 9. The number of nitrogens with one attached hydrogen (secondary N) is 2. The first-order valence-corrected chi connectivity index (χ1v) is 27.0. The highest BCUT2D eigenvalue weighted by molar-refractivity contribution is 6.06. The van der Waals surface area contributed by atoms with Crippen molar-refractivity contribution >= 4 is 50.9 Å². The Morgan fingerprint density at radius 3 is 2.40 bits per heavy atom. The molecule has 3 N–H and O–H groups in total. The van der Waals surface area contributed by atoms with Gasteiger partial charge in [-0.25, -0.2) is 4.39 Å². The summed E-state index contributed by atoms with van der Waals surface area (Å²) in [5.41, 5.74) is 4.73. The molecule has 2 unspecified atom stereocenters. The van der Waals surface area contributed by atoms with E-state index in [0.29, 0.717) is 65.9 Å². The molecule has 8 aliphatic rings. The largest absolute Gasteiger partial charge is 0.508 e. The van der Waals surface area contributed by atoms with Crippen LogP contribution in [0.3, 0.4) is 0 Å². The topological polar surface area (TPSA) is 163 Å². The smallest absolute Gasteiger partial charge is 0.319 e. The van der Waals surface area contributed by atoms with Crippen LogP contribution in [0.1, 0.15) is 79.8 Å². The van der Waals surface area contributed by atoms with Crippen LogP contribution < -0.4 is 25.2 Å². The number of benzene rings is 3. The number of aryl methyl sites for hydroxylation is 1. The van der Waals surface area contributed by atoms with E-state index in [4.69, 9.17) is 19.7 Å². The van der Waals surface area contributed by atoms with Crippen LogP contribution in [0, 0.1) is 17.2 Å². The Balaban J connectivity index is 0.606. The molecule has 0 radical (unpaired) electrons. The molecule has 7 fully saturated rings. The van der Waals surface area contributed by atoms with Gasteiger partial charge in [0.1, 0.15) is 28.8 Å². The third-order valence-corrected chi connectivity index (χ3v) is 17.7. The number of amides is 3. The number of rotatable bonds is 13. The quantitative estimate of drug-likeness (QED) is 0.130. The van der Waals surface area contributed by atoms with Crippen molar-refractivity contribution in [2.75, 3.05) is 94.9 Å². The van der Waals surface area contributed by atoms with Crippen molar-refractivity contribution in [3.63, 3.8) is 0 Å². The number of fused-ring (bicyclic) bond motifs is 5. The van der Waals surface area contributed by atoms with Crippen LogP contribution in [0.5, 0.6) is 11.8 Å². The number of halogens is 1. The van der Waals surface area contributed by atoms with Gasteiger partial charge < -0.3 is 29.9 Å². The zero-order valence-corrected chi connectivity index (χ0v) is 41.8. The summed E-state index contributed by atoms with van der Waals surface area (Å²) in [6.45, 7) is 15.0. The van der Waals surface area contributed by atoms with E-state index in [1.165, 1.54) is 12.8 Å². The predicted molar refractivity (Wildman–Crippen MR) is 276 cm³/mol. The molecular weight excluding hydrogens is 926 g/mol. The number of aromatic hydroxyl groups is 1. The molecule has 2 aromatic heterocycles. The SMILES string of the molecule is CCc1cccc2cc(O)cc(-c3ncc4c(N5CC6CCC(C5)N6)nc(OCC5(CN6CC(N7CCC(CN8CCN(c9ccc%10c(c9)CN([C@H]9CCC(=O)NC9=O)C%10=O)CC8)CC7)C6)CC5)nc4c3F)c12. The number of imide groups is 1. The number of likely N-dealkylation sites (tertiary alicyclic amines) is 2. The minimum absolute atomic E-state index is 0.0338. The van der Waals surface area contributed by atoms with Gasteiger partial charge in [0, 0.05) is 125 Å². The molecule has 0 spiro atoms. The number of carbonyl (C=O) groups is 3. The molecule has 5 aromatic rings. The summed E-state index contributed by atoms with van der Waals surface area (Å²) in [5.74, 6) is 0.120. The predicted octanol–water partition coefficient (Wildman–Crippen LogP) is 5.33. The Kier molecular flexibility index (Phi) is 12.0. The lowest BCUT2D eigenvalue weighted by Gasteiger charge is -2.49. The fourth-order valence-electron chi connectivity index (χ4n) is 13.4. The Hall–Kier alpha value is -6.01. The van der Waals surface area contributed by atoms with Crippen molar-refractivity contribution in [2.24, 2.45) is 11.3 Å². The number of piperidine rings is 2. The first-order valence-electron chi connectivity index (χ1n) is 27.0. The van der Waals surface area contributed by atoms with Gasteiger partial charge in [-0.1, -0.05) is 25.1 Å². The van der Waals surface area contributed by atoms with Gasteiger partial charge in [0.05, 0.1) is 12.0 Å². The van der Waals surface area contributed by atoms with Gasteiger partial charge >= 0.3 is 6.01 Å². The van der Waals surface area contributed by atoms with Gasteiger partial charge in [-0.15, -0.1) is 0 Å². The molecule has 17 heteroatoms. The molecule has 6 saturated heterocycles. The zero-order valence-electron chi connectivity index (χ0n) is 41.8. The molecule has 3 atom stereocenters. The maximum atomic E-state index is 17.2. The Bertz CT molecular complexity index is 2990. The standard InChI is InChI=1S/C56H66FN11O5/c1-2-35-4-3-5-36-23-42(69)24-44(48(35)36)50-49(57)51-45(25-58-50)52(67-28-38-6-7-39(29-67)59-38)62-55(61-51)73-33-56(14-15-56)32-64-30-41(31-64)65-16-12-34(13-17-65)26-63-18-20-66(21-19-63)40-8-9-43-37(22-40)27-68(54(43)72)46-10-11-47(70)60-53(46)71/h3-5,8-9,22-25,34,38-39,41,46,59,69H,2,6-7,10-21,26-33H2,1H3,(H,60,70,71)/t38?,39?,46-/m0/s1. The summed E-state index contributed by atoms with van der Waals surface area (Å²) in [6, 6.07) is 16.3. The summed E-state index contributed by atoms with van der Waals surface area (Å²) in [5, 5.41) is 19.2. The molecule has 73 heavy (non-hydrogen) atoms. The fourth-order valence-corrected chi connectivity index (χ4v) is 13.4. The van der Waals surface area contributed by atoms with Gasteiger partial charge in [-0.3, -0.25) is 39.4 Å². The Morgan fingerprint density at radius 2 is 1.64 bits per heavy atom. The third-order valence-electron chi connectivity index (χ3n) is 17.7. The van der Waals surface area contributed by atoms with E-state index < -0.39 is 11.9 Å². The molecule has 1 aliphatic carbocycles. The molecule has 3 aromatic carbocycles. The minimum atomic E-state index is -0.598. The monoisotopic (exact) mass is 992 g/mol. The van der Waals surface area contributed by atoms with Crippen LogP contribution in [0.25, 0.3) is 32.9 Å². The van der Waals surface area contributed by atoms with Gasteiger partial charge in [-0.2, -0.15) is 9.97 Å². The third kappa shape index (κ3) is 8.93. The van der Waals surface area contributed by atoms with Crippen molar-refractivity contribution in [1.29, 1.82) is 0 Å². The number of hydrogen-bond acceptors (Lipinski definition) is 14. The van der Waals surface area contributed by atoms with Crippen LogP contribution in [-0.2, 0) is 22.6 Å². The van der Waals surface area contributed by atoms with Gasteiger partial charge in [0.15, 0.2) is 5.82 Å². The molecule has 3 amide bonds. The van der Waals surface area contributed by atoms with Crippen molar-refractivity contribution in [2.45, 2.75) is 95.4 Å². The second kappa shape index (κ2) is 18.7. The number of phenols is 1. The lowest BCUT2D eigenvalue weighted by atomic mass is 9.93. The van der Waals surface area contributed by atoms with Gasteiger partial charge in [0.2, 0.25) is 11.8 Å². The van der Waals surface area contributed by atoms with E-state index in [9.17, 15) is 19.5 Å².